The van der Waals surface area contributed by atoms with Gasteiger partial charge in [0.25, 0.3) is 11.5 Å². The zero-order valence-electron chi connectivity index (χ0n) is 20.4. The topological polar surface area (TPSA) is 77.2 Å². The van der Waals surface area contributed by atoms with Crippen molar-refractivity contribution in [3.05, 3.63) is 128 Å². The van der Waals surface area contributed by atoms with Crippen molar-refractivity contribution in [2.24, 2.45) is 0 Å². The molecule has 4 rings (SSSR count). The molecule has 7 nitrogen and oxygen atoms in total. The van der Waals surface area contributed by atoms with Crippen LogP contribution >= 0.6 is 0 Å². The highest BCUT2D eigenvalue weighted by Gasteiger charge is 2.24. The van der Waals surface area contributed by atoms with Crippen LogP contribution in [0.4, 0.5) is 4.39 Å². The minimum absolute atomic E-state index is 0.153. The summed E-state index contributed by atoms with van der Waals surface area (Å²) in [4.78, 5) is 41.4. The van der Waals surface area contributed by atoms with Crippen LogP contribution < -0.4 is 11.2 Å². The van der Waals surface area contributed by atoms with Gasteiger partial charge in [0.15, 0.2) is 0 Å². The Bertz CT molecular complexity index is 1490. The summed E-state index contributed by atoms with van der Waals surface area (Å²) in [5.41, 5.74) is 0.429. The fraction of sp³-hybridized carbons (Fsp3) is 0.214. The van der Waals surface area contributed by atoms with Crippen LogP contribution in [0, 0.1) is 5.82 Å². The summed E-state index contributed by atoms with van der Waals surface area (Å²) < 4.78 is 16.3. The van der Waals surface area contributed by atoms with E-state index in [1.165, 1.54) is 23.1 Å². The summed E-state index contributed by atoms with van der Waals surface area (Å²) in [5, 5.41) is 4.19. The number of hydrogen-bond acceptors (Lipinski definition) is 4. The SMILES string of the molecule is CC(C)c1ccc(-n2nc(C(=O)N(C)Cc3ccccc3)c(=O)n(Cc3ccccc3F)c2=O)cc1. The van der Waals surface area contributed by atoms with Gasteiger partial charge in [-0.1, -0.05) is 74.5 Å². The first-order valence-corrected chi connectivity index (χ1v) is 11.6. The number of benzene rings is 3. The van der Waals surface area contributed by atoms with Gasteiger partial charge in [-0.15, -0.1) is 0 Å². The van der Waals surface area contributed by atoms with E-state index >= 15 is 0 Å². The summed E-state index contributed by atoms with van der Waals surface area (Å²) in [5.74, 6) is -0.913. The molecule has 1 aromatic heterocycles. The molecule has 0 aliphatic carbocycles. The molecule has 1 amide bonds. The van der Waals surface area contributed by atoms with E-state index in [9.17, 15) is 18.8 Å². The molecule has 184 valence electrons. The van der Waals surface area contributed by atoms with Crippen molar-refractivity contribution in [3.8, 4) is 5.69 Å². The standard InChI is InChI=1S/C28H27FN4O3/c1-19(2)21-13-15-23(16-14-21)33-28(36)32(18-22-11-7-8-12-24(22)29)27(35)25(30-33)26(34)31(3)17-20-9-5-4-6-10-20/h4-16,19H,17-18H2,1-3H3. The van der Waals surface area contributed by atoms with Gasteiger partial charge in [-0.2, -0.15) is 9.78 Å². The molecule has 0 saturated heterocycles. The van der Waals surface area contributed by atoms with E-state index in [0.29, 0.717) is 5.69 Å². The van der Waals surface area contributed by atoms with Gasteiger partial charge in [-0.3, -0.25) is 14.2 Å². The molecule has 0 aliphatic rings. The maximum atomic E-state index is 14.4. The summed E-state index contributed by atoms with van der Waals surface area (Å²) in [6.07, 6.45) is 0. The molecule has 3 aromatic carbocycles. The van der Waals surface area contributed by atoms with Crippen LogP contribution in [0.1, 0.15) is 46.9 Å². The first kappa shape index (κ1) is 24.8. The van der Waals surface area contributed by atoms with Gasteiger partial charge in [0.1, 0.15) is 5.82 Å². The van der Waals surface area contributed by atoms with Crippen LogP contribution in [0.2, 0.25) is 0 Å². The second kappa shape index (κ2) is 10.5. The molecule has 0 bridgehead atoms. The van der Waals surface area contributed by atoms with E-state index in [-0.39, 0.29) is 24.6 Å². The molecule has 0 unspecified atom stereocenters. The Balaban J connectivity index is 1.83. The number of amides is 1. The molecule has 0 spiro atoms. The third-order valence-corrected chi connectivity index (χ3v) is 5.96. The van der Waals surface area contributed by atoms with Gasteiger partial charge < -0.3 is 4.90 Å². The minimum Gasteiger partial charge on any atom is -0.336 e. The average Bonchev–Trinajstić information content (AvgIpc) is 2.88. The lowest BCUT2D eigenvalue weighted by atomic mass is 10.0. The Hall–Kier alpha value is -4.33. The van der Waals surface area contributed by atoms with Gasteiger partial charge in [0, 0.05) is 19.2 Å². The molecule has 0 radical (unpaired) electrons. The summed E-state index contributed by atoms with van der Waals surface area (Å²) >= 11 is 0. The van der Waals surface area contributed by atoms with E-state index in [1.54, 1.807) is 25.2 Å². The van der Waals surface area contributed by atoms with Crippen LogP contribution in [-0.4, -0.2) is 32.2 Å². The molecule has 0 atom stereocenters. The second-order valence-corrected chi connectivity index (χ2v) is 8.92. The quantitative estimate of drug-likeness (QED) is 0.396. The van der Waals surface area contributed by atoms with Crippen molar-refractivity contribution in [2.45, 2.75) is 32.9 Å². The van der Waals surface area contributed by atoms with Gasteiger partial charge >= 0.3 is 5.69 Å². The molecule has 8 heteroatoms. The Morgan fingerprint density at radius 3 is 2.22 bits per heavy atom. The predicted octanol–water partition coefficient (Wildman–Crippen LogP) is 3.98. The molecule has 0 fully saturated rings. The Kier molecular flexibility index (Phi) is 7.24. The molecule has 0 saturated carbocycles. The number of rotatable bonds is 7. The minimum atomic E-state index is -0.872. The number of aromatic nitrogens is 3. The lowest BCUT2D eigenvalue weighted by molar-refractivity contribution is 0.0773. The maximum Gasteiger partial charge on any atom is 0.352 e. The smallest absolute Gasteiger partial charge is 0.336 e. The average molecular weight is 487 g/mol. The van der Waals surface area contributed by atoms with Gasteiger partial charge in [-0.05, 0) is 35.2 Å². The predicted molar refractivity (Wildman–Crippen MR) is 136 cm³/mol. The van der Waals surface area contributed by atoms with Gasteiger partial charge in [-0.25, -0.2) is 9.18 Å². The maximum absolute atomic E-state index is 14.4. The highest BCUT2D eigenvalue weighted by molar-refractivity contribution is 5.91. The fourth-order valence-corrected chi connectivity index (χ4v) is 3.86. The van der Waals surface area contributed by atoms with Crippen molar-refractivity contribution in [1.29, 1.82) is 0 Å². The number of halogens is 1. The van der Waals surface area contributed by atoms with Gasteiger partial charge in [0.2, 0.25) is 5.69 Å². The number of hydrogen-bond donors (Lipinski definition) is 0. The first-order valence-electron chi connectivity index (χ1n) is 11.6. The summed E-state index contributed by atoms with van der Waals surface area (Å²) in [6.45, 7) is 4.01. The van der Waals surface area contributed by atoms with Crippen LogP contribution in [0.25, 0.3) is 5.69 Å². The Morgan fingerprint density at radius 1 is 0.944 bits per heavy atom. The molecule has 0 aliphatic heterocycles. The van der Waals surface area contributed by atoms with Crippen LogP contribution in [0.15, 0.2) is 88.5 Å². The normalized spacial score (nSPS) is 11.0. The van der Waals surface area contributed by atoms with E-state index in [1.807, 2.05) is 56.3 Å². The number of nitrogens with zero attached hydrogens (tertiary/aromatic N) is 4. The fourth-order valence-electron chi connectivity index (χ4n) is 3.86. The second-order valence-electron chi connectivity index (χ2n) is 8.92. The van der Waals surface area contributed by atoms with Crippen LogP contribution in [-0.2, 0) is 13.1 Å². The lowest BCUT2D eigenvalue weighted by Crippen LogP contribution is -2.46. The van der Waals surface area contributed by atoms with E-state index in [4.69, 9.17) is 0 Å². The van der Waals surface area contributed by atoms with E-state index in [2.05, 4.69) is 5.10 Å². The van der Waals surface area contributed by atoms with E-state index < -0.39 is 28.7 Å². The molecule has 0 N–H and O–H groups in total. The third-order valence-electron chi connectivity index (χ3n) is 5.96. The zero-order valence-corrected chi connectivity index (χ0v) is 20.4. The van der Waals surface area contributed by atoms with Crippen LogP contribution in [0.3, 0.4) is 0 Å². The Labute approximate surface area is 208 Å². The van der Waals surface area contributed by atoms with Crippen LogP contribution in [0.5, 0.6) is 0 Å². The highest BCUT2D eigenvalue weighted by atomic mass is 19.1. The largest absolute Gasteiger partial charge is 0.352 e. The van der Waals surface area contributed by atoms with Crippen molar-refractivity contribution in [3.63, 3.8) is 0 Å². The molecule has 4 aromatic rings. The zero-order chi connectivity index (χ0) is 25.8. The summed E-state index contributed by atoms with van der Waals surface area (Å²) in [7, 11) is 1.56. The third kappa shape index (κ3) is 5.17. The Morgan fingerprint density at radius 2 is 1.58 bits per heavy atom. The van der Waals surface area contributed by atoms with Crippen molar-refractivity contribution in [2.75, 3.05) is 7.05 Å². The lowest BCUT2D eigenvalue weighted by Gasteiger charge is -2.18. The monoisotopic (exact) mass is 486 g/mol. The number of carbonyl (C=O) groups excluding carboxylic acids is 1. The summed E-state index contributed by atoms with van der Waals surface area (Å²) in [6, 6.07) is 22.4. The molecular weight excluding hydrogens is 459 g/mol. The van der Waals surface area contributed by atoms with Gasteiger partial charge in [0.05, 0.1) is 12.2 Å². The molecule has 1 heterocycles. The van der Waals surface area contributed by atoms with Crippen molar-refractivity contribution >= 4 is 5.91 Å². The number of carbonyl (C=O) groups is 1. The first-order chi connectivity index (χ1) is 17.3. The van der Waals surface area contributed by atoms with Crippen molar-refractivity contribution < 1.29 is 9.18 Å². The van der Waals surface area contributed by atoms with Crippen molar-refractivity contribution in [1.82, 2.24) is 19.2 Å². The molecular formula is C28H27FN4O3. The van der Waals surface area contributed by atoms with E-state index in [0.717, 1.165) is 20.4 Å². The highest BCUT2D eigenvalue weighted by Crippen LogP contribution is 2.16. The molecule has 36 heavy (non-hydrogen) atoms.